The first-order valence-electron chi connectivity index (χ1n) is 23.4. The molecule has 0 saturated carbocycles. The van der Waals surface area contributed by atoms with Crippen LogP contribution in [0.3, 0.4) is 0 Å². The number of ether oxygens (including phenoxy) is 10. The predicted octanol–water partition coefficient (Wildman–Crippen LogP) is -7.95. The van der Waals surface area contributed by atoms with Crippen LogP contribution < -0.4 is 16.4 Å². The van der Waals surface area contributed by atoms with E-state index in [0.717, 1.165) is 33.1 Å². The zero-order chi connectivity index (χ0) is 53.0. The van der Waals surface area contributed by atoms with Gasteiger partial charge in [-0.3, -0.25) is 14.4 Å². The van der Waals surface area contributed by atoms with E-state index in [1.54, 1.807) is 0 Å². The first kappa shape index (κ1) is 61.0. The molecule has 0 aromatic heterocycles. The molecule has 5 rings (SSSR count). The summed E-state index contributed by atoms with van der Waals surface area (Å²) in [6, 6.07) is -2.99. The monoisotopic (exact) mass is 1040 g/mol. The highest BCUT2D eigenvalue weighted by atomic mass is 16.8. The van der Waals surface area contributed by atoms with Crippen molar-refractivity contribution in [3.05, 3.63) is 0 Å². The Balaban J connectivity index is 0.00000263. The van der Waals surface area contributed by atoms with E-state index in [1.165, 1.54) is 20.8 Å². The number of carbonyl (C=O) groups is 3. The summed E-state index contributed by atoms with van der Waals surface area (Å²) in [5.41, 5.74) is 5.61. The van der Waals surface area contributed by atoms with Gasteiger partial charge in [-0.2, -0.15) is 0 Å². The molecule has 5 fully saturated rings. The number of hydrogen-bond acceptors (Lipinski definition) is 26. The molecule has 29 heteroatoms. The Bertz CT molecular complexity index is 1630. The third-order valence-corrected chi connectivity index (χ3v) is 12.4. The topological polar surface area (TPSA) is 457 Å². The Morgan fingerprint density at radius 1 is 0.465 bits per heavy atom. The maximum Gasteiger partial charge on any atom is 0.300 e. The molecular formula is C42H75N3O26. The van der Waals surface area contributed by atoms with Crippen LogP contribution in [0, 0.1) is 0 Å². The molecule has 2 amide bonds. The molecule has 0 aliphatic carbocycles. The zero-order valence-corrected chi connectivity index (χ0v) is 40.0. The second kappa shape index (κ2) is 28.4. The summed E-state index contributed by atoms with van der Waals surface area (Å²) in [5.74, 6) is -2.22. The summed E-state index contributed by atoms with van der Waals surface area (Å²) in [7, 11) is 0. The SMILES string of the molecule is CC(=O)N[C@H]1[C@H](O[C@H]2[C@@H](O)[C@@H](CO)O[C@@H](O[C@H]3[C@H](O[C@@H]4O[C@@H](C)[C@@H](O)[C@@H](O)[C@@H]4O)[C@@H](NC(C)=O)[C@H](OCCCCCCN)O[C@@H]3CO)[C@@H]2O)O[C@H](CO)[C@@H](O[C@@H]2O[C@@H](C)[C@@H](O)[C@@H](O)[C@@H]2O)[C@@H]1O.CC(=O)O. The van der Waals surface area contributed by atoms with Crippen LogP contribution in [-0.2, 0) is 61.8 Å². The summed E-state index contributed by atoms with van der Waals surface area (Å²) in [4.78, 5) is 34.2. The van der Waals surface area contributed by atoms with Crippen molar-refractivity contribution in [3.8, 4) is 0 Å². The van der Waals surface area contributed by atoms with Crippen LogP contribution in [0.4, 0.5) is 0 Å². The number of aliphatic hydroxyl groups is 12. The maximum atomic E-state index is 12.8. The molecule has 0 bridgehead atoms. The second-order valence-electron chi connectivity index (χ2n) is 18.0. The minimum atomic E-state index is -2.10. The van der Waals surface area contributed by atoms with E-state index < -0.39 is 191 Å². The van der Waals surface area contributed by atoms with Gasteiger partial charge in [-0.15, -0.1) is 0 Å². The van der Waals surface area contributed by atoms with Crippen molar-refractivity contribution >= 4 is 17.8 Å². The Morgan fingerprint density at radius 2 is 0.887 bits per heavy atom. The van der Waals surface area contributed by atoms with Crippen molar-refractivity contribution in [3.63, 3.8) is 0 Å². The molecule has 0 aromatic carbocycles. The van der Waals surface area contributed by atoms with Gasteiger partial charge in [0.15, 0.2) is 31.5 Å². The van der Waals surface area contributed by atoms with Crippen molar-refractivity contribution in [2.45, 2.75) is 214 Å². The second-order valence-corrected chi connectivity index (χ2v) is 18.0. The van der Waals surface area contributed by atoms with Gasteiger partial charge in [0.25, 0.3) is 5.97 Å². The number of carboxylic acid groups (broad SMARTS) is 1. The van der Waals surface area contributed by atoms with Gasteiger partial charge in [0.05, 0.1) is 32.0 Å². The number of carbonyl (C=O) groups excluding carboxylic acids is 2. The number of amides is 2. The lowest BCUT2D eigenvalue weighted by Gasteiger charge is -2.51. The molecule has 0 unspecified atom stereocenters. The lowest BCUT2D eigenvalue weighted by atomic mass is 9.93. The van der Waals surface area contributed by atoms with Crippen LogP contribution in [0.2, 0.25) is 0 Å². The average molecular weight is 1040 g/mol. The van der Waals surface area contributed by atoms with Gasteiger partial charge in [-0.1, -0.05) is 12.8 Å². The highest BCUT2D eigenvalue weighted by molar-refractivity contribution is 5.73. The van der Waals surface area contributed by atoms with Crippen molar-refractivity contribution in [1.82, 2.24) is 10.6 Å². The largest absolute Gasteiger partial charge is 0.481 e. The molecule has 5 heterocycles. The third kappa shape index (κ3) is 15.8. The first-order chi connectivity index (χ1) is 33.5. The molecule has 29 nitrogen and oxygen atoms in total. The standard InChI is InChI=1S/C40H71N3O24.C2H4O2/c1-14-23(49)27(53)29(55)38(59-14)64-32-19(12-45)63-37(21(26(32)52)42-16(3)47)67-35-25(51)18(11-44)61-40(31(35)57)65-33-20(13-46)62-36(58-10-8-6-5-7-9-41)22(43-17(4)48)34(33)66-39-30(56)28(54)24(50)15(2)60-39;1-2(3)4/h14-15,18-40,44-46,49-57H,5-13,41H2,1-4H3,(H,42,47)(H,43,48);1H3,(H,3,4)/t14-,15-,18+,19+,20+,21+,22+,23+,24+,25-,26+,27+,28+,29-,30-,31+,32+,33+,34+,35-,36+,37-,38-,39-,40-;/m0./s1. The molecule has 0 aromatic rings. The highest BCUT2D eigenvalue weighted by Crippen LogP contribution is 2.36. The van der Waals surface area contributed by atoms with E-state index in [-0.39, 0.29) is 6.61 Å². The Morgan fingerprint density at radius 3 is 1.39 bits per heavy atom. The van der Waals surface area contributed by atoms with Crippen LogP contribution >= 0.6 is 0 Å². The highest BCUT2D eigenvalue weighted by Gasteiger charge is 2.57. The van der Waals surface area contributed by atoms with Crippen molar-refractivity contribution in [1.29, 1.82) is 0 Å². The molecule has 25 atom stereocenters. The van der Waals surface area contributed by atoms with Gasteiger partial charge in [0.2, 0.25) is 11.8 Å². The lowest BCUT2D eigenvalue weighted by Crippen LogP contribution is -2.71. The van der Waals surface area contributed by atoms with Crippen LogP contribution in [0.25, 0.3) is 0 Å². The van der Waals surface area contributed by atoms with E-state index in [2.05, 4.69) is 10.6 Å². The Labute approximate surface area is 408 Å². The molecular weight excluding hydrogens is 962 g/mol. The molecule has 5 aliphatic heterocycles. The molecule has 71 heavy (non-hydrogen) atoms. The molecule has 0 spiro atoms. The number of rotatable bonds is 20. The van der Waals surface area contributed by atoms with Gasteiger partial charge in [-0.25, -0.2) is 0 Å². The van der Waals surface area contributed by atoms with E-state index in [1.807, 2.05) is 0 Å². The summed E-state index contributed by atoms with van der Waals surface area (Å²) < 4.78 is 59.5. The Kier molecular flexibility index (Phi) is 24.4. The molecule has 0 radical (unpaired) electrons. The minimum Gasteiger partial charge on any atom is -0.481 e. The smallest absolute Gasteiger partial charge is 0.300 e. The van der Waals surface area contributed by atoms with Gasteiger partial charge >= 0.3 is 0 Å². The number of unbranched alkanes of at least 4 members (excludes halogenated alkanes) is 3. The Hall–Kier alpha value is -2.51. The zero-order valence-electron chi connectivity index (χ0n) is 40.0. The maximum absolute atomic E-state index is 12.8. The predicted molar refractivity (Wildman–Crippen MR) is 231 cm³/mol. The van der Waals surface area contributed by atoms with E-state index in [4.69, 9.17) is 63.0 Å². The van der Waals surface area contributed by atoms with E-state index >= 15 is 0 Å². The van der Waals surface area contributed by atoms with Crippen molar-refractivity contribution in [2.24, 2.45) is 5.73 Å². The molecule has 5 aliphatic rings. The van der Waals surface area contributed by atoms with Gasteiger partial charge < -0.3 is 130 Å². The van der Waals surface area contributed by atoms with Crippen molar-refractivity contribution < 1.29 is 128 Å². The van der Waals surface area contributed by atoms with Crippen LogP contribution in [0.15, 0.2) is 0 Å². The number of aliphatic carboxylic acids is 1. The summed E-state index contributed by atoms with van der Waals surface area (Å²) in [6.45, 7) is 4.01. The van der Waals surface area contributed by atoms with Gasteiger partial charge in [0, 0.05) is 27.4 Å². The third-order valence-electron chi connectivity index (χ3n) is 12.4. The summed E-state index contributed by atoms with van der Waals surface area (Å²) in [6.07, 6.45) is -35.5. The number of hydrogen-bond donors (Lipinski definition) is 16. The molecule has 414 valence electrons. The number of nitrogens with two attached hydrogens (primary N) is 1. The van der Waals surface area contributed by atoms with Gasteiger partial charge in [0.1, 0.15) is 110 Å². The average Bonchev–Trinajstić information content (AvgIpc) is 3.31. The molecule has 5 saturated heterocycles. The van der Waals surface area contributed by atoms with Crippen LogP contribution in [0.5, 0.6) is 0 Å². The fraction of sp³-hybridized carbons (Fsp3) is 0.929. The van der Waals surface area contributed by atoms with E-state index in [9.17, 15) is 70.9 Å². The summed E-state index contributed by atoms with van der Waals surface area (Å²) >= 11 is 0. The van der Waals surface area contributed by atoms with Crippen LogP contribution in [0.1, 0.15) is 60.3 Å². The first-order valence-corrected chi connectivity index (χ1v) is 23.4. The fourth-order valence-electron chi connectivity index (χ4n) is 8.64. The number of aliphatic hydroxyl groups excluding tert-OH is 12. The minimum absolute atomic E-state index is 0.0932. The van der Waals surface area contributed by atoms with Crippen molar-refractivity contribution in [2.75, 3.05) is 33.0 Å². The van der Waals surface area contributed by atoms with Gasteiger partial charge in [-0.05, 0) is 33.2 Å². The number of carboxylic acids is 1. The normalized spacial score (nSPS) is 43.9. The van der Waals surface area contributed by atoms with Crippen LogP contribution in [-0.4, -0.2) is 271 Å². The quantitative estimate of drug-likeness (QED) is 0.0504. The molecule has 17 N–H and O–H groups in total. The van der Waals surface area contributed by atoms with E-state index in [0.29, 0.717) is 13.0 Å². The fourth-order valence-corrected chi connectivity index (χ4v) is 8.64. The lowest BCUT2D eigenvalue weighted by molar-refractivity contribution is -0.386. The summed E-state index contributed by atoms with van der Waals surface area (Å²) in [5, 5.41) is 142. The number of nitrogens with one attached hydrogen (secondary N) is 2.